The van der Waals surface area contributed by atoms with Crippen LogP contribution in [0.2, 0.25) is 0 Å². The summed E-state index contributed by atoms with van der Waals surface area (Å²) in [6.45, 7) is 2.50. The van der Waals surface area contributed by atoms with Crippen molar-refractivity contribution in [1.29, 1.82) is 0 Å². The summed E-state index contributed by atoms with van der Waals surface area (Å²) in [6.07, 6.45) is 1.12. The largest absolute Gasteiger partial charge is 0.387 e. The smallest absolute Gasteiger partial charge is 0.220 e. The highest BCUT2D eigenvalue weighted by Crippen LogP contribution is 2.13. The van der Waals surface area contributed by atoms with E-state index >= 15 is 0 Å². The quantitative estimate of drug-likeness (QED) is 0.794. The number of likely N-dealkylation sites (N-methyl/N-ethyl adjacent to an activating group) is 1. The molecule has 0 bridgehead atoms. The van der Waals surface area contributed by atoms with Crippen molar-refractivity contribution in [2.75, 3.05) is 27.2 Å². The van der Waals surface area contributed by atoms with Crippen LogP contribution in [0.3, 0.4) is 0 Å². The van der Waals surface area contributed by atoms with Gasteiger partial charge in [-0.25, -0.2) is 0 Å². The zero-order valence-electron chi connectivity index (χ0n) is 12.3. The lowest BCUT2D eigenvalue weighted by molar-refractivity contribution is -0.122. The van der Waals surface area contributed by atoms with Crippen molar-refractivity contribution in [1.82, 2.24) is 10.2 Å². The lowest BCUT2D eigenvalue weighted by Gasteiger charge is -2.27. The number of halogens is 1. The van der Waals surface area contributed by atoms with Gasteiger partial charge < -0.3 is 15.3 Å². The third kappa shape index (κ3) is 7.03. The number of nitrogens with zero attached hydrogens (tertiary/aromatic N) is 1. The molecule has 1 amide bonds. The number of carbonyl (C=O) groups is 1. The Balaban J connectivity index is 2.34. The molecule has 1 atom stereocenters. The van der Waals surface area contributed by atoms with Crippen LogP contribution >= 0.6 is 15.9 Å². The number of hydrogen-bond donors (Lipinski definition) is 2. The minimum Gasteiger partial charge on any atom is -0.387 e. The molecule has 0 aliphatic carbocycles. The second-order valence-electron chi connectivity index (χ2n) is 5.64. The Morgan fingerprint density at radius 2 is 2.15 bits per heavy atom. The van der Waals surface area contributed by atoms with Crippen molar-refractivity contribution in [2.45, 2.75) is 25.4 Å². The highest BCUT2D eigenvalue weighted by molar-refractivity contribution is 9.10. The van der Waals surface area contributed by atoms with Gasteiger partial charge in [0.15, 0.2) is 0 Å². The van der Waals surface area contributed by atoms with E-state index in [1.165, 1.54) is 0 Å². The Hall–Kier alpha value is -0.910. The number of carbonyl (C=O) groups excluding carboxylic acids is 1. The first-order valence-electron chi connectivity index (χ1n) is 6.67. The second kappa shape index (κ2) is 7.76. The van der Waals surface area contributed by atoms with Crippen molar-refractivity contribution in [3.8, 4) is 0 Å². The van der Waals surface area contributed by atoms with Crippen LogP contribution < -0.4 is 5.32 Å². The Morgan fingerprint density at radius 3 is 2.75 bits per heavy atom. The van der Waals surface area contributed by atoms with Gasteiger partial charge in [0, 0.05) is 24.0 Å². The summed E-state index contributed by atoms with van der Waals surface area (Å²) in [5, 5.41) is 12.9. The fourth-order valence-electron chi connectivity index (χ4n) is 2.06. The summed E-state index contributed by atoms with van der Waals surface area (Å²) in [5.41, 5.74) is 0.212. The Labute approximate surface area is 129 Å². The second-order valence-corrected chi connectivity index (χ2v) is 6.56. The van der Waals surface area contributed by atoms with E-state index in [9.17, 15) is 9.90 Å². The third-order valence-corrected chi connectivity index (χ3v) is 3.35. The molecule has 0 spiro atoms. The van der Waals surface area contributed by atoms with E-state index in [0.717, 1.165) is 10.0 Å². The number of rotatable bonds is 7. The Morgan fingerprint density at radius 1 is 1.45 bits per heavy atom. The third-order valence-electron chi connectivity index (χ3n) is 2.85. The molecule has 4 nitrogen and oxygen atoms in total. The highest BCUT2D eigenvalue weighted by Gasteiger charge is 2.21. The molecular weight excluding hydrogens is 320 g/mol. The monoisotopic (exact) mass is 342 g/mol. The summed E-state index contributed by atoms with van der Waals surface area (Å²) in [4.78, 5) is 13.7. The van der Waals surface area contributed by atoms with Gasteiger partial charge in [-0.15, -0.1) is 0 Å². The van der Waals surface area contributed by atoms with Crippen LogP contribution in [0.1, 0.15) is 18.9 Å². The van der Waals surface area contributed by atoms with Crippen molar-refractivity contribution in [3.05, 3.63) is 34.3 Å². The lowest BCUT2D eigenvalue weighted by Crippen LogP contribution is -2.47. The predicted molar refractivity (Wildman–Crippen MR) is 84.7 cm³/mol. The molecule has 0 aliphatic rings. The summed E-state index contributed by atoms with van der Waals surface area (Å²) < 4.78 is 1.02. The van der Waals surface area contributed by atoms with E-state index in [0.29, 0.717) is 19.4 Å². The van der Waals surface area contributed by atoms with Gasteiger partial charge in [0.1, 0.15) is 0 Å². The normalized spacial score (nSPS) is 14.1. The van der Waals surface area contributed by atoms with Crippen molar-refractivity contribution >= 4 is 21.8 Å². The molecule has 1 rings (SSSR count). The molecule has 0 radical (unpaired) electrons. The number of aliphatic hydroxyl groups is 1. The molecule has 1 unspecified atom stereocenters. The van der Waals surface area contributed by atoms with Gasteiger partial charge in [0.05, 0.1) is 5.60 Å². The standard InChI is InChI=1S/C15H23BrN2O2/c1-15(20,11-18(2)3)10-17-14(19)8-7-12-5-4-6-13(16)9-12/h4-6,9,20H,7-8,10-11H2,1-3H3,(H,17,19). The topological polar surface area (TPSA) is 52.6 Å². The lowest BCUT2D eigenvalue weighted by atomic mass is 10.1. The Kier molecular flexibility index (Phi) is 6.65. The summed E-state index contributed by atoms with van der Waals surface area (Å²) in [5.74, 6) is -0.0380. The average molecular weight is 343 g/mol. The molecule has 112 valence electrons. The minimum absolute atomic E-state index is 0.0380. The van der Waals surface area contributed by atoms with Gasteiger partial charge in [-0.2, -0.15) is 0 Å². The number of amides is 1. The van der Waals surface area contributed by atoms with E-state index in [1.54, 1.807) is 6.92 Å². The van der Waals surface area contributed by atoms with E-state index in [2.05, 4.69) is 21.2 Å². The zero-order chi connectivity index (χ0) is 15.2. The molecule has 0 aliphatic heterocycles. The molecule has 0 aromatic heterocycles. The molecular formula is C15H23BrN2O2. The van der Waals surface area contributed by atoms with Crippen LogP contribution in [-0.2, 0) is 11.2 Å². The first-order valence-corrected chi connectivity index (χ1v) is 7.46. The van der Waals surface area contributed by atoms with E-state index in [4.69, 9.17) is 0 Å². The maximum atomic E-state index is 11.8. The molecule has 1 aromatic rings. The average Bonchev–Trinajstić information content (AvgIpc) is 2.32. The summed E-state index contributed by atoms with van der Waals surface area (Å²) in [6, 6.07) is 7.93. The van der Waals surface area contributed by atoms with E-state index in [1.807, 2.05) is 43.3 Å². The summed E-state index contributed by atoms with van der Waals surface area (Å²) in [7, 11) is 3.78. The van der Waals surface area contributed by atoms with Gasteiger partial charge in [-0.3, -0.25) is 4.79 Å². The molecule has 1 aromatic carbocycles. The first kappa shape index (κ1) is 17.1. The maximum absolute atomic E-state index is 11.8. The molecule has 5 heteroatoms. The molecule has 0 saturated heterocycles. The number of hydrogen-bond acceptors (Lipinski definition) is 3. The fourth-order valence-corrected chi connectivity index (χ4v) is 2.51. The number of aryl methyl sites for hydroxylation is 1. The zero-order valence-corrected chi connectivity index (χ0v) is 13.9. The van der Waals surface area contributed by atoms with Crippen LogP contribution in [0.4, 0.5) is 0 Å². The molecule has 20 heavy (non-hydrogen) atoms. The van der Waals surface area contributed by atoms with Crippen LogP contribution in [0, 0.1) is 0 Å². The fraction of sp³-hybridized carbons (Fsp3) is 0.533. The van der Waals surface area contributed by atoms with Gasteiger partial charge >= 0.3 is 0 Å². The van der Waals surface area contributed by atoms with Crippen LogP contribution in [0.15, 0.2) is 28.7 Å². The SMILES string of the molecule is CN(C)CC(C)(O)CNC(=O)CCc1cccc(Br)c1. The van der Waals surface area contributed by atoms with E-state index in [-0.39, 0.29) is 12.5 Å². The number of benzene rings is 1. The van der Waals surface area contributed by atoms with Crippen molar-refractivity contribution < 1.29 is 9.90 Å². The first-order chi connectivity index (χ1) is 9.28. The summed E-state index contributed by atoms with van der Waals surface area (Å²) >= 11 is 3.41. The predicted octanol–water partition coefficient (Wildman–Crippen LogP) is 1.81. The van der Waals surface area contributed by atoms with Crippen LogP contribution in [-0.4, -0.2) is 48.7 Å². The number of nitrogens with one attached hydrogen (secondary N) is 1. The Bertz CT molecular complexity index is 447. The minimum atomic E-state index is -0.908. The molecule has 0 fully saturated rings. The molecule has 2 N–H and O–H groups in total. The van der Waals surface area contributed by atoms with Crippen molar-refractivity contribution in [3.63, 3.8) is 0 Å². The van der Waals surface area contributed by atoms with Gasteiger partial charge in [0.25, 0.3) is 0 Å². The molecule has 0 heterocycles. The van der Waals surface area contributed by atoms with Crippen LogP contribution in [0.5, 0.6) is 0 Å². The van der Waals surface area contributed by atoms with E-state index < -0.39 is 5.60 Å². The van der Waals surface area contributed by atoms with Crippen molar-refractivity contribution in [2.24, 2.45) is 0 Å². The highest BCUT2D eigenvalue weighted by atomic mass is 79.9. The van der Waals surface area contributed by atoms with Gasteiger partial charge in [-0.05, 0) is 45.1 Å². The molecule has 0 saturated carbocycles. The maximum Gasteiger partial charge on any atom is 0.220 e. The van der Waals surface area contributed by atoms with Gasteiger partial charge in [-0.1, -0.05) is 28.1 Å². The van der Waals surface area contributed by atoms with Crippen LogP contribution in [0.25, 0.3) is 0 Å². The van der Waals surface area contributed by atoms with Gasteiger partial charge in [0.2, 0.25) is 5.91 Å².